The molecule has 4 N–H and O–H groups in total. The fraction of sp³-hybridized carbons (Fsp3) is 0.348. The second-order valence-electron chi connectivity index (χ2n) is 8.50. The minimum atomic E-state index is -0.781. The van der Waals surface area contributed by atoms with Gasteiger partial charge in [-0.3, -0.25) is 24.2 Å². The summed E-state index contributed by atoms with van der Waals surface area (Å²) in [6, 6.07) is 7.10. The van der Waals surface area contributed by atoms with Gasteiger partial charge < -0.3 is 21.3 Å². The highest BCUT2D eigenvalue weighted by Crippen LogP contribution is 2.28. The molecule has 1 unspecified atom stereocenters. The number of piperidine rings is 1. The highest BCUT2D eigenvalue weighted by atomic mass is 16.2. The van der Waals surface area contributed by atoms with Crippen molar-refractivity contribution < 1.29 is 19.2 Å². The lowest BCUT2D eigenvalue weighted by Crippen LogP contribution is -2.51. The summed E-state index contributed by atoms with van der Waals surface area (Å²) in [4.78, 5) is 54.2. The number of carbonyl (C=O) groups excluding carboxylic acids is 4. The maximum Gasteiger partial charge on any atom is 0.313 e. The summed E-state index contributed by atoms with van der Waals surface area (Å²) in [5.74, 6) is -1.81. The van der Waals surface area contributed by atoms with Gasteiger partial charge in [0.15, 0.2) is 0 Å². The predicted molar refractivity (Wildman–Crippen MR) is 118 cm³/mol. The molecular formula is C23H25N5O4. The molecule has 0 aliphatic carbocycles. The molecule has 9 nitrogen and oxygen atoms in total. The summed E-state index contributed by atoms with van der Waals surface area (Å²) < 4.78 is 0. The molecule has 166 valence electrons. The van der Waals surface area contributed by atoms with Crippen LogP contribution in [-0.2, 0) is 27.2 Å². The monoisotopic (exact) mass is 435 g/mol. The maximum atomic E-state index is 13.0. The number of pyridine rings is 1. The zero-order valence-electron chi connectivity index (χ0n) is 17.8. The topological polar surface area (TPSA) is 134 Å². The van der Waals surface area contributed by atoms with Gasteiger partial charge in [0.25, 0.3) is 0 Å². The first kappa shape index (κ1) is 21.5. The van der Waals surface area contributed by atoms with Crippen LogP contribution in [-0.4, -0.2) is 46.1 Å². The number of fused-ring (bicyclic) bond motifs is 1. The second kappa shape index (κ2) is 8.78. The van der Waals surface area contributed by atoms with Crippen LogP contribution in [0.2, 0.25) is 0 Å². The van der Waals surface area contributed by atoms with Crippen LogP contribution in [0.5, 0.6) is 0 Å². The maximum absolute atomic E-state index is 13.0. The Hall–Kier alpha value is -3.75. The van der Waals surface area contributed by atoms with Gasteiger partial charge in [-0.1, -0.05) is 19.1 Å². The number of hydrogen-bond acceptors (Lipinski definition) is 5. The Balaban J connectivity index is 1.48. The van der Waals surface area contributed by atoms with Crippen molar-refractivity contribution in [2.45, 2.75) is 38.6 Å². The third kappa shape index (κ3) is 4.61. The molecule has 4 amide bonds. The van der Waals surface area contributed by atoms with Crippen LogP contribution in [0.1, 0.15) is 41.3 Å². The molecule has 4 rings (SSSR count). The van der Waals surface area contributed by atoms with Gasteiger partial charge in [-0.05, 0) is 48.4 Å². The lowest BCUT2D eigenvalue weighted by atomic mass is 9.89. The molecule has 0 radical (unpaired) electrons. The summed E-state index contributed by atoms with van der Waals surface area (Å²) in [5, 5.41) is 5.35. The second-order valence-corrected chi connectivity index (χ2v) is 8.50. The van der Waals surface area contributed by atoms with Crippen LogP contribution in [0, 0.1) is 5.92 Å². The van der Waals surface area contributed by atoms with Gasteiger partial charge >= 0.3 is 11.8 Å². The number of nitrogens with one attached hydrogen (secondary N) is 2. The van der Waals surface area contributed by atoms with Crippen LogP contribution in [0.4, 0.5) is 11.4 Å². The number of benzene rings is 1. The molecule has 1 aromatic heterocycles. The van der Waals surface area contributed by atoms with Gasteiger partial charge in [-0.25, -0.2) is 0 Å². The smallest absolute Gasteiger partial charge is 0.313 e. The zero-order chi connectivity index (χ0) is 22.8. The Labute approximate surface area is 185 Å². The van der Waals surface area contributed by atoms with Crippen molar-refractivity contribution in [1.82, 2.24) is 9.88 Å². The van der Waals surface area contributed by atoms with Crippen LogP contribution in [0.25, 0.3) is 0 Å². The van der Waals surface area contributed by atoms with E-state index in [1.807, 2.05) is 18.2 Å². The molecule has 0 bridgehead atoms. The van der Waals surface area contributed by atoms with Crippen molar-refractivity contribution in [3.8, 4) is 0 Å². The SMILES string of the molecule is C[C@H]1CCC(Cc2ccc3c(c2)CC(=O)N3)N(C(=O)C(=O)Nc2cncc(C(N)=O)c2)C1. The van der Waals surface area contributed by atoms with E-state index in [0.29, 0.717) is 19.4 Å². The molecule has 2 atom stereocenters. The zero-order valence-corrected chi connectivity index (χ0v) is 17.8. The molecule has 3 heterocycles. The average Bonchev–Trinajstić information content (AvgIpc) is 3.14. The van der Waals surface area contributed by atoms with E-state index in [0.717, 1.165) is 29.7 Å². The summed E-state index contributed by atoms with van der Waals surface area (Å²) >= 11 is 0. The van der Waals surface area contributed by atoms with Gasteiger partial charge in [0.05, 0.1) is 23.9 Å². The van der Waals surface area contributed by atoms with E-state index in [1.165, 1.54) is 18.5 Å². The van der Waals surface area contributed by atoms with E-state index in [-0.39, 0.29) is 29.1 Å². The Kier molecular flexibility index (Phi) is 5.89. The normalized spacial score (nSPS) is 19.8. The number of primary amides is 1. The Morgan fingerprint density at radius 1 is 1.22 bits per heavy atom. The van der Waals surface area contributed by atoms with Gasteiger partial charge in [0, 0.05) is 24.5 Å². The largest absolute Gasteiger partial charge is 0.366 e. The highest BCUT2D eigenvalue weighted by molar-refractivity contribution is 6.39. The fourth-order valence-corrected chi connectivity index (χ4v) is 4.31. The molecule has 1 aromatic carbocycles. The Morgan fingerprint density at radius 3 is 2.81 bits per heavy atom. The van der Waals surface area contributed by atoms with E-state index in [1.54, 1.807) is 4.90 Å². The lowest BCUT2D eigenvalue weighted by Gasteiger charge is -2.38. The number of amides is 4. The summed E-state index contributed by atoms with van der Waals surface area (Å²) in [7, 11) is 0. The number of nitrogens with zero attached hydrogens (tertiary/aromatic N) is 2. The summed E-state index contributed by atoms with van der Waals surface area (Å²) in [5.41, 5.74) is 8.43. The van der Waals surface area contributed by atoms with Gasteiger partial charge in [-0.15, -0.1) is 0 Å². The van der Waals surface area contributed by atoms with Crippen molar-refractivity contribution in [3.63, 3.8) is 0 Å². The number of hydrogen-bond donors (Lipinski definition) is 3. The van der Waals surface area contributed by atoms with Gasteiger partial charge in [-0.2, -0.15) is 0 Å². The third-order valence-corrected chi connectivity index (χ3v) is 5.94. The first-order valence-electron chi connectivity index (χ1n) is 10.6. The number of nitrogens with two attached hydrogens (primary N) is 1. The van der Waals surface area contributed by atoms with Crippen molar-refractivity contribution in [2.75, 3.05) is 17.2 Å². The molecule has 2 aliphatic heterocycles. The average molecular weight is 435 g/mol. The van der Waals surface area contributed by atoms with E-state index in [2.05, 4.69) is 22.5 Å². The van der Waals surface area contributed by atoms with Crippen LogP contribution in [0.3, 0.4) is 0 Å². The molecule has 32 heavy (non-hydrogen) atoms. The molecule has 9 heteroatoms. The summed E-state index contributed by atoms with van der Waals surface area (Å²) in [6.45, 7) is 2.54. The van der Waals surface area contributed by atoms with Crippen molar-refractivity contribution in [3.05, 3.63) is 53.3 Å². The minimum absolute atomic E-state index is 0.0213. The fourth-order valence-electron chi connectivity index (χ4n) is 4.31. The number of rotatable bonds is 4. The number of carbonyl (C=O) groups is 4. The highest BCUT2D eigenvalue weighted by Gasteiger charge is 2.33. The Bertz CT molecular complexity index is 1100. The van der Waals surface area contributed by atoms with Gasteiger partial charge in [0.1, 0.15) is 0 Å². The molecule has 1 saturated heterocycles. The summed E-state index contributed by atoms with van der Waals surface area (Å²) in [6.07, 6.45) is 5.36. The lowest BCUT2D eigenvalue weighted by molar-refractivity contribution is -0.146. The molecule has 0 spiro atoms. The molecular weight excluding hydrogens is 410 g/mol. The molecule has 2 aliphatic rings. The Morgan fingerprint density at radius 2 is 2.03 bits per heavy atom. The van der Waals surface area contributed by atoms with Gasteiger partial charge in [0.2, 0.25) is 11.8 Å². The standard InChI is InChI=1S/C23H25N5O4/c1-13-2-4-18(7-14-3-5-19-15(6-14)9-20(29)27-19)28(12-13)23(32)22(31)26-17-8-16(21(24)30)10-25-11-17/h3,5-6,8,10-11,13,18H,2,4,7,9,12H2,1H3,(H2,24,30)(H,26,31)(H,27,29)/t13-,18?/m0/s1. The van der Waals surface area contributed by atoms with E-state index in [9.17, 15) is 19.2 Å². The van der Waals surface area contributed by atoms with Crippen LogP contribution >= 0.6 is 0 Å². The number of anilines is 2. The predicted octanol–water partition coefficient (Wildman–Crippen LogP) is 1.48. The van der Waals surface area contributed by atoms with E-state index < -0.39 is 17.7 Å². The van der Waals surface area contributed by atoms with Crippen molar-refractivity contribution >= 4 is 35.0 Å². The number of likely N-dealkylation sites (tertiary alicyclic amines) is 1. The molecule has 2 aromatic rings. The quantitative estimate of drug-likeness (QED) is 0.626. The number of aromatic nitrogens is 1. The third-order valence-electron chi connectivity index (χ3n) is 5.94. The van der Waals surface area contributed by atoms with Crippen molar-refractivity contribution in [1.29, 1.82) is 0 Å². The first-order valence-corrected chi connectivity index (χ1v) is 10.6. The minimum Gasteiger partial charge on any atom is -0.366 e. The molecule has 1 fully saturated rings. The van der Waals surface area contributed by atoms with E-state index >= 15 is 0 Å². The van der Waals surface area contributed by atoms with E-state index in [4.69, 9.17) is 5.73 Å². The van der Waals surface area contributed by atoms with Crippen molar-refractivity contribution in [2.24, 2.45) is 11.7 Å². The molecule has 0 saturated carbocycles. The van der Waals surface area contributed by atoms with Crippen LogP contribution in [0.15, 0.2) is 36.7 Å². The first-order chi connectivity index (χ1) is 15.3. The van der Waals surface area contributed by atoms with Crippen LogP contribution < -0.4 is 16.4 Å².